The number of nitrogens with zero attached hydrogens (tertiary/aromatic N) is 2. The Hall–Kier alpha value is -1.42. The second kappa shape index (κ2) is 6.35. The van der Waals surface area contributed by atoms with Crippen molar-refractivity contribution in [1.82, 2.24) is 5.43 Å². The Balaban J connectivity index is 0.00000144. The maximum Gasteiger partial charge on any atom is 0.305 e. The lowest BCUT2D eigenvalue weighted by Gasteiger charge is -1.98. The lowest BCUT2D eigenvalue weighted by atomic mass is 10.3. The summed E-state index contributed by atoms with van der Waals surface area (Å²) >= 11 is 0. The normalized spacial score (nSPS) is 15.0. The third kappa shape index (κ3) is 4.53. The number of aromatic nitrogens is 1. The predicted octanol–water partition coefficient (Wildman–Crippen LogP) is -2.12. The van der Waals surface area contributed by atoms with Gasteiger partial charge in [-0.2, -0.15) is 9.67 Å². The Kier molecular flexibility index (Phi) is 5.10. The summed E-state index contributed by atoms with van der Waals surface area (Å²) in [6, 6.07) is 5.71. The Morgan fingerprint density at radius 3 is 2.59 bits per heavy atom. The molecule has 1 fully saturated rings. The fourth-order valence-corrected chi connectivity index (χ4v) is 1.48. The Bertz CT molecular complexity index is 401. The van der Waals surface area contributed by atoms with Gasteiger partial charge in [-0.1, -0.05) is 6.07 Å². The standard InChI is InChI=1S/C12H15N3O.ClH/c1-10(11-5-6-11)13-14-12(16)9-15-7-3-2-4-8-15;/h2-4,7-8,11H,5-6,9H2,1H3;1H. The van der Waals surface area contributed by atoms with E-state index in [0.29, 0.717) is 12.5 Å². The minimum atomic E-state index is -0.0869. The van der Waals surface area contributed by atoms with E-state index in [1.165, 1.54) is 12.8 Å². The zero-order valence-corrected chi connectivity index (χ0v) is 10.5. The fraction of sp³-hybridized carbons (Fsp3) is 0.417. The van der Waals surface area contributed by atoms with Crippen LogP contribution in [0.4, 0.5) is 0 Å². The molecule has 0 aliphatic heterocycles. The van der Waals surface area contributed by atoms with Gasteiger partial charge in [0.2, 0.25) is 6.54 Å². The van der Waals surface area contributed by atoms with E-state index in [-0.39, 0.29) is 18.3 Å². The van der Waals surface area contributed by atoms with E-state index in [9.17, 15) is 4.79 Å². The highest BCUT2D eigenvalue weighted by Gasteiger charge is 2.24. The van der Waals surface area contributed by atoms with Crippen molar-refractivity contribution in [1.29, 1.82) is 0 Å². The van der Waals surface area contributed by atoms with E-state index in [0.717, 1.165) is 5.71 Å². The fourth-order valence-electron chi connectivity index (χ4n) is 1.48. The van der Waals surface area contributed by atoms with Crippen LogP contribution in [0, 0.1) is 5.92 Å². The zero-order chi connectivity index (χ0) is 11.4. The molecule has 0 saturated heterocycles. The Labute approximate surface area is 107 Å². The van der Waals surface area contributed by atoms with Gasteiger partial charge in [-0.05, 0) is 25.7 Å². The molecule has 0 unspecified atom stereocenters. The third-order valence-electron chi connectivity index (χ3n) is 2.63. The SMILES string of the molecule is CC(=NNC(=O)C[n+]1ccccc1)C1CC1.[Cl-]. The van der Waals surface area contributed by atoms with Crippen LogP contribution in [0.25, 0.3) is 0 Å². The average Bonchev–Trinajstić information content (AvgIpc) is 3.11. The number of pyridine rings is 1. The molecule has 4 nitrogen and oxygen atoms in total. The highest BCUT2D eigenvalue weighted by Crippen LogP contribution is 2.30. The van der Waals surface area contributed by atoms with Gasteiger partial charge in [0.1, 0.15) is 0 Å². The second-order valence-electron chi connectivity index (χ2n) is 4.11. The van der Waals surface area contributed by atoms with Gasteiger partial charge < -0.3 is 12.4 Å². The molecule has 0 radical (unpaired) electrons. The van der Waals surface area contributed by atoms with Crippen molar-refractivity contribution < 1.29 is 21.8 Å². The minimum absolute atomic E-state index is 0. The average molecular weight is 254 g/mol. The van der Waals surface area contributed by atoms with Crippen molar-refractivity contribution in [2.75, 3.05) is 0 Å². The maximum atomic E-state index is 11.5. The molecule has 1 aromatic heterocycles. The van der Waals surface area contributed by atoms with E-state index in [4.69, 9.17) is 0 Å². The predicted molar refractivity (Wildman–Crippen MR) is 60.6 cm³/mol. The summed E-state index contributed by atoms with van der Waals surface area (Å²) < 4.78 is 1.82. The topological polar surface area (TPSA) is 45.3 Å². The van der Waals surface area contributed by atoms with Crippen molar-refractivity contribution >= 4 is 11.6 Å². The van der Waals surface area contributed by atoms with E-state index in [2.05, 4.69) is 10.5 Å². The molecule has 1 saturated carbocycles. The molecule has 0 bridgehead atoms. The highest BCUT2D eigenvalue weighted by molar-refractivity contribution is 5.87. The second-order valence-corrected chi connectivity index (χ2v) is 4.11. The molecular weight excluding hydrogens is 238 g/mol. The van der Waals surface area contributed by atoms with E-state index >= 15 is 0 Å². The monoisotopic (exact) mass is 253 g/mol. The molecule has 0 atom stereocenters. The van der Waals surface area contributed by atoms with Crippen LogP contribution in [0.3, 0.4) is 0 Å². The first-order valence-corrected chi connectivity index (χ1v) is 5.53. The molecule has 92 valence electrons. The number of rotatable bonds is 4. The molecular formula is C12H16ClN3O. The van der Waals surface area contributed by atoms with Gasteiger partial charge in [0.25, 0.3) is 0 Å². The van der Waals surface area contributed by atoms with Crippen LogP contribution >= 0.6 is 0 Å². The van der Waals surface area contributed by atoms with Crippen molar-refractivity contribution in [3.8, 4) is 0 Å². The number of hydrogen-bond acceptors (Lipinski definition) is 2. The molecule has 0 spiro atoms. The summed E-state index contributed by atoms with van der Waals surface area (Å²) in [5.41, 5.74) is 3.61. The van der Waals surface area contributed by atoms with Gasteiger partial charge in [0, 0.05) is 17.8 Å². The lowest BCUT2D eigenvalue weighted by Crippen LogP contribution is -3.00. The largest absolute Gasteiger partial charge is 1.00 e. The van der Waals surface area contributed by atoms with Crippen LogP contribution in [-0.4, -0.2) is 11.6 Å². The number of carbonyl (C=O) groups is 1. The molecule has 1 aliphatic rings. The number of hydrazone groups is 1. The van der Waals surface area contributed by atoms with Gasteiger partial charge in [0.15, 0.2) is 12.4 Å². The van der Waals surface area contributed by atoms with E-state index in [1.54, 1.807) is 0 Å². The number of carbonyl (C=O) groups excluding carboxylic acids is 1. The molecule has 1 amide bonds. The first-order valence-electron chi connectivity index (χ1n) is 5.53. The first kappa shape index (κ1) is 13.6. The number of amides is 1. The van der Waals surface area contributed by atoms with Crippen LogP contribution in [-0.2, 0) is 11.3 Å². The smallest absolute Gasteiger partial charge is 0.305 e. The summed E-state index contributed by atoms with van der Waals surface area (Å²) in [5.74, 6) is 0.515. The molecule has 1 heterocycles. The minimum Gasteiger partial charge on any atom is -1.00 e. The van der Waals surface area contributed by atoms with E-state index < -0.39 is 0 Å². The molecule has 1 aromatic rings. The van der Waals surface area contributed by atoms with Gasteiger partial charge in [0.05, 0.1) is 0 Å². The van der Waals surface area contributed by atoms with Gasteiger partial charge >= 0.3 is 5.91 Å². The van der Waals surface area contributed by atoms with Crippen molar-refractivity contribution in [2.24, 2.45) is 11.0 Å². The Morgan fingerprint density at radius 2 is 2.00 bits per heavy atom. The van der Waals surface area contributed by atoms with E-state index in [1.807, 2.05) is 42.1 Å². The van der Waals surface area contributed by atoms with Crippen LogP contribution in [0.5, 0.6) is 0 Å². The number of hydrogen-bond donors (Lipinski definition) is 1. The molecule has 17 heavy (non-hydrogen) atoms. The molecule has 2 rings (SSSR count). The van der Waals surface area contributed by atoms with Crippen molar-refractivity contribution in [2.45, 2.75) is 26.3 Å². The lowest BCUT2D eigenvalue weighted by molar-refractivity contribution is -0.684. The third-order valence-corrected chi connectivity index (χ3v) is 2.63. The summed E-state index contributed by atoms with van der Waals surface area (Å²) in [6.45, 7) is 2.27. The van der Waals surface area contributed by atoms with Crippen LogP contribution in [0.15, 0.2) is 35.7 Å². The maximum absolute atomic E-state index is 11.5. The molecule has 1 aliphatic carbocycles. The number of nitrogens with one attached hydrogen (secondary N) is 1. The molecule has 1 N–H and O–H groups in total. The van der Waals surface area contributed by atoms with Crippen LogP contribution in [0.2, 0.25) is 0 Å². The van der Waals surface area contributed by atoms with Gasteiger partial charge in [-0.15, -0.1) is 0 Å². The summed E-state index contributed by atoms with van der Waals surface area (Å²) in [4.78, 5) is 11.5. The molecule has 0 aromatic carbocycles. The summed E-state index contributed by atoms with van der Waals surface area (Å²) in [6.07, 6.45) is 6.13. The zero-order valence-electron chi connectivity index (χ0n) is 9.77. The van der Waals surface area contributed by atoms with Gasteiger partial charge in [-0.3, -0.25) is 4.79 Å². The Morgan fingerprint density at radius 1 is 1.35 bits per heavy atom. The summed E-state index contributed by atoms with van der Waals surface area (Å²) in [5, 5.41) is 4.09. The quantitative estimate of drug-likeness (QED) is 0.372. The van der Waals surface area contributed by atoms with Crippen LogP contribution < -0.4 is 22.4 Å². The van der Waals surface area contributed by atoms with Crippen molar-refractivity contribution in [3.63, 3.8) is 0 Å². The van der Waals surface area contributed by atoms with Gasteiger partial charge in [-0.25, -0.2) is 5.43 Å². The molecule has 5 heteroatoms. The highest BCUT2D eigenvalue weighted by atomic mass is 35.5. The summed E-state index contributed by atoms with van der Waals surface area (Å²) in [7, 11) is 0. The number of halogens is 1. The first-order chi connectivity index (χ1) is 7.75. The van der Waals surface area contributed by atoms with Crippen LogP contribution in [0.1, 0.15) is 19.8 Å². The van der Waals surface area contributed by atoms with Crippen molar-refractivity contribution in [3.05, 3.63) is 30.6 Å².